The maximum Gasteiger partial charge on any atom is 0.320 e. The molecule has 0 fully saturated rings. The Hall–Kier alpha value is -1.10. The number of carboxylic acids is 1. The Labute approximate surface area is 89.6 Å². The molecule has 5 nitrogen and oxygen atoms in total. The quantitative estimate of drug-likeness (QED) is 0.466. The third-order valence-electron chi connectivity index (χ3n) is 1.99. The summed E-state index contributed by atoms with van der Waals surface area (Å²) in [6.45, 7) is 2.47. The summed E-state index contributed by atoms with van der Waals surface area (Å²) in [6, 6.07) is -0.979. The molecule has 5 heteroatoms. The fourth-order valence-corrected chi connectivity index (χ4v) is 1.01. The van der Waals surface area contributed by atoms with E-state index in [0.29, 0.717) is 6.61 Å². The van der Waals surface area contributed by atoms with Crippen molar-refractivity contribution in [1.82, 2.24) is 0 Å². The van der Waals surface area contributed by atoms with Crippen LogP contribution in [-0.4, -0.2) is 29.7 Å². The number of carboxylic acid groups (broad SMARTS) is 1. The minimum atomic E-state index is -1.09. The normalized spacial score (nSPS) is 12.1. The van der Waals surface area contributed by atoms with Gasteiger partial charge in [0.05, 0.1) is 6.61 Å². The molecule has 0 spiro atoms. The third-order valence-corrected chi connectivity index (χ3v) is 1.99. The molecular weight excluding hydrogens is 198 g/mol. The molecule has 88 valence electrons. The van der Waals surface area contributed by atoms with Crippen LogP contribution < -0.4 is 5.73 Å². The maximum atomic E-state index is 11.1. The van der Waals surface area contributed by atoms with Crippen molar-refractivity contribution in [2.24, 2.45) is 5.73 Å². The average molecular weight is 217 g/mol. The Morgan fingerprint density at radius 2 is 2.07 bits per heavy atom. The number of aliphatic carboxylic acids is 1. The number of ether oxygens (including phenoxy) is 1. The topological polar surface area (TPSA) is 89.6 Å². The molecule has 0 aromatic carbocycles. The first-order valence-corrected chi connectivity index (χ1v) is 5.22. The van der Waals surface area contributed by atoms with Crippen molar-refractivity contribution in [2.75, 3.05) is 6.61 Å². The van der Waals surface area contributed by atoms with Gasteiger partial charge in [-0.25, -0.2) is 0 Å². The summed E-state index contributed by atoms with van der Waals surface area (Å²) in [5, 5.41) is 8.46. The highest BCUT2D eigenvalue weighted by Gasteiger charge is 2.13. The number of carbonyl (C=O) groups is 2. The zero-order valence-electron chi connectivity index (χ0n) is 9.07. The fraction of sp³-hybridized carbons (Fsp3) is 0.800. The standard InChI is InChI=1S/C10H19NO4/c1-2-3-4-7-15-9(12)6-5-8(11)10(13)14/h8H,2-7,11H2,1H3,(H,13,14)/t8-/m0/s1. The van der Waals surface area contributed by atoms with E-state index in [1.165, 1.54) is 0 Å². The first-order valence-electron chi connectivity index (χ1n) is 5.22. The Morgan fingerprint density at radius 1 is 1.40 bits per heavy atom. The van der Waals surface area contributed by atoms with E-state index in [2.05, 4.69) is 6.92 Å². The summed E-state index contributed by atoms with van der Waals surface area (Å²) < 4.78 is 4.89. The molecule has 3 N–H and O–H groups in total. The van der Waals surface area contributed by atoms with Crippen LogP contribution in [0.1, 0.15) is 39.0 Å². The maximum absolute atomic E-state index is 11.1. The average Bonchev–Trinajstić information content (AvgIpc) is 2.20. The number of carbonyl (C=O) groups excluding carboxylic acids is 1. The Kier molecular flexibility index (Phi) is 7.62. The molecule has 0 radical (unpaired) electrons. The lowest BCUT2D eigenvalue weighted by atomic mass is 10.2. The van der Waals surface area contributed by atoms with Gasteiger partial charge in [0.1, 0.15) is 6.04 Å². The van der Waals surface area contributed by atoms with Gasteiger partial charge in [0.25, 0.3) is 0 Å². The van der Waals surface area contributed by atoms with E-state index < -0.39 is 12.0 Å². The highest BCUT2D eigenvalue weighted by atomic mass is 16.5. The van der Waals surface area contributed by atoms with Gasteiger partial charge in [-0.3, -0.25) is 9.59 Å². The minimum absolute atomic E-state index is 0.0690. The first-order chi connectivity index (χ1) is 7.07. The zero-order valence-corrected chi connectivity index (χ0v) is 9.07. The number of rotatable bonds is 8. The van der Waals surface area contributed by atoms with Crippen LogP contribution in [0.5, 0.6) is 0 Å². The van der Waals surface area contributed by atoms with Crippen LogP contribution >= 0.6 is 0 Å². The van der Waals surface area contributed by atoms with Gasteiger partial charge in [0.15, 0.2) is 0 Å². The van der Waals surface area contributed by atoms with E-state index in [1.807, 2.05) is 0 Å². The molecule has 1 atom stereocenters. The smallest absolute Gasteiger partial charge is 0.320 e. The van der Waals surface area contributed by atoms with Crippen molar-refractivity contribution >= 4 is 11.9 Å². The molecule has 0 aliphatic rings. The second kappa shape index (κ2) is 8.23. The number of hydrogen-bond donors (Lipinski definition) is 2. The predicted octanol–water partition coefficient (Wildman–Crippen LogP) is 0.912. The third kappa shape index (κ3) is 7.93. The predicted molar refractivity (Wildman–Crippen MR) is 55.3 cm³/mol. The molecule has 0 heterocycles. The molecule has 0 saturated carbocycles. The molecule has 0 rings (SSSR count). The van der Waals surface area contributed by atoms with E-state index in [1.54, 1.807) is 0 Å². The summed E-state index contributed by atoms with van der Waals surface area (Å²) in [6.07, 6.45) is 3.15. The second-order valence-electron chi connectivity index (χ2n) is 3.41. The van der Waals surface area contributed by atoms with Crippen molar-refractivity contribution in [3.63, 3.8) is 0 Å². The van der Waals surface area contributed by atoms with Crippen molar-refractivity contribution < 1.29 is 19.4 Å². The summed E-state index contributed by atoms with van der Waals surface area (Å²) in [5.41, 5.74) is 5.23. The lowest BCUT2D eigenvalue weighted by molar-refractivity contribution is -0.144. The molecule has 15 heavy (non-hydrogen) atoms. The van der Waals surface area contributed by atoms with Gasteiger partial charge in [-0.2, -0.15) is 0 Å². The number of unbranched alkanes of at least 4 members (excludes halogenated alkanes) is 2. The van der Waals surface area contributed by atoms with Crippen molar-refractivity contribution in [2.45, 2.75) is 45.1 Å². The van der Waals surface area contributed by atoms with Gasteiger partial charge in [-0.1, -0.05) is 19.8 Å². The van der Waals surface area contributed by atoms with Gasteiger partial charge < -0.3 is 15.6 Å². The van der Waals surface area contributed by atoms with Crippen molar-refractivity contribution in [3.8, 4) is 0 Å². The molecule has 0 bridgehead atoms. The number of hydrogen-bond acceptors (Lipinski definition) is 4. The molecular formula is C10H19NO4. The number of nitrogens with two attached hydrogens (primary N) is 1. The van der Waals surface area contributed by atoms with Crippen LogP contribution in [0.25, 0.3) is 0 Å². The largest absolute Gasteiger partial charge is 0.480 e. The van der Waals surface area contributed by atoms with Gasteiger partial charge in [0, 0.05) is 6.42 Å². The van der Waals surface area contributed by atoms with Crippen molar-refractivity contribution in [3.05, 3.63) is 0 Å². The number of esters is 1. The van der Waals surface area contributed by atoms with Gasteiger partial charge >= 0.3 is 11.9 Å². The van der Waals surface area contributed by atoms with E-state index >= 15 is 0 Å². The zero-order chi connectivity index (χ0) is 11.7. The van der Waals surface area contributed by atoms with E-state index in [-0.39, 0.29) is 18.8 Å². The van der Waals surface area contributed by atoms with E-state index in [9.17, 15) is 9.59 Å². The van der Waals surface area contributed by atoms with Crippen LogP contribution in [0, 0.1) is 0 Å². The SMILES string of the molecule is CCCCCOC(=O)CC[C@H](N)C(=O)O. The fourth-order valence-electron chi connectivity index (χ4n) is 1.01. The lowest BCUT2D eigenvalue weighted by Gasteiger charge is -2.06. The molecule has 0 saturated heterocycles. The van der Waals surface area contributed by atoms with Crippen molar-refractivity contribution in [1.29, 1.82) is 0 Å². The molecule has 0 aliphatic carbocycles. The summed E-state index contributed by atoms with van der Waals surface area (Å²) in [7, 11) is 0. The van der Waals surface area contributed by atoms with E-state index in [4.69, 9.17) is 15.6 Å². The lowest BCUT2D eigenvalue weighted by Crippen LogP contribution is -2.30. The Balaban J connectivity index is 3.45. The van der Waals surface area contributed by atoms with Gasteiger partial charge in [-0.05, 0) is 12.8 Å². The minimum Gasteiger partial charge on any atom is -0.480 e. The first kappa shape index (κ1) is 13.9. The molecule has 0 aromatic rings. The van der Waals surface area contributed by atoms with E-state index in [0.717, 1.165) is 19.3 Å². The summed E-state index contributed by atoms with van der Waals surface area (Å²) >= 11 is 0. The van der Waals surface area contributed by atoms with Crippen LogP contribution in [0.4, 0.5) is 0 Å². The van der Waals surface area contributed by atoms with Gasteiger partial charge in [-0.15, -0.1) is 0 Å². The highest BCUT2D eigenvalue weighted by molar-refractivity contribution is 5.75. The monoisotopic (exact) mass is 217 g/mol. The Morgan fingerprint density at radius 3 is 2.60 bits per heavy atom. The highest BCUT2D eigenvalue weighted by Crippen LogP contribution is 2.00. The van der Waals surface area contributed by atoms with Crippen LogP contribution in [0.15, 0.2) is 0 Å². The molecule has 0 amide bonds. The van der Waals surface area contributed by atoms with Crippen LogP contribution in [-0.2, 0) is 14.3 Å². The van der Waals surface area contributed by atoms with Gasteiger partial charge in [0.2, 0.25) is 0 Å². The molecule has 0 aromatic heterocycles. The molecule has 0 aliphatic heterocycles. The summed E-state index contributed by atoms with van der Waals surface area (Å²) in [4.78, 5) is 21.4. The second-order valence-corrected chi connectivity index (χ2v) is 3.41. The van der Waals surface area contributed by atoms with Crippen LogP contribution in [0.2, 0.25) is 0 Å². The summed E-state index contributed by atoms with van der Waals surface area (Å²) in [5.74, 6) is -1.46. The molecule has 0 unspecified atom stereocenters. The Bertz CT molecular complexity index is 206. The van der Waals surface area contributed by atoms with Crippen LogP contribution in [0.3, 0.4) is 0 Å².